The Kier molecular flexibility index (Phi) is 5.89. The van der Waals surface area contributed by atoms with Crippen LogP contribution in [0.1, 0.15) is 47.3 Å². The standard InChI is InChI=1S/C21H24N2O2S/c1-2-14-22-20(25)21(12-4-3-5-13-21)16-8-10-17(11-9-16)23-19(24)18-7-6-15-26-18/h2,6-11,15H,1,3-5,12-14H2,(H,22,25)(H,23,24). The van der Waals surface area contributed by atoms with Gasteiger partial charge in [0.2, 0.25) is 5.91 Å². The number of anilines is 1. The molecule has 1 aromatic carbocycles. The fourth-order valence-electron chi connectivity index (χ4n) is 3.61. The summed E-state index contributed by atoms with van der Waals surface area (Å²) in [5.74, 6) is -0.0312. The molecule has 1 aliphatic rings. The van der Waals surface area contributed by atoms with Crippen LogP contribution < -0.4 is 10.6 Å². The van der Waals surface area contributed by atoms with Crippen LogP contribution in [0.25, 0.3) is 0 Å². The van der Waals surface area contributed by atoms with Crippen LogP contribution in [0.4, 0.5) is 5.69 Å². The van der Waals surface area contributed by atoms with Gasteiger partial charge in [-0.2, -0.15) is 0 Å². The molecule has 1 heterocycles. The van der Waals surface area contributed by atoms with Gasteiger partial charge in [-0.15, -0.1) is 17.9 Å². The summed E-state index contributed by atoms with van der Waals surface area (Å²) in [5, 5.41) is 7.77. The monoisotopic (exact) mass is 368 g/mol. The summed E-state index contributed by atoms with van der Waals surface area (Å²) < 4.78 is 0. The Balaban J connectivity index is 1.78. The highest BCUT2D eigenvalue weighted by Crippen LogP contribution is 2.40. The number of carbonyl (C=O) groups excluding carboxylic acids is 2. The number of rotatable bonds is 6. The van der Waals surface area contributed by atoms with Crippen molar-refractivity contribution in [2.24, 2.45) is 0 Å². The van der Waals surface area contributed by atoms with Crippen LogP contribution >= 0.6 is 11.3 Å². The Morgan fingerprint density at radius 3 is 2.46 bits per heavy atom. The van der Waals surface area contributed by atoms with E-state index in [1.165, 1.54) is 17.8 Å². The summed E-state index contributed by atoms with van der Waals surface area (Å²) in [7, 11) is 0. The molecule has 1 saturated carbocycles. The number of benzene rings is 1. The van der Waals surface area contributed by atoms with Gasteiger partial charge in [-0.05, 0) is 42.0 Å². The largest absolute Gasteiger partial charge is 0.352 e. The van der Waals surface area contributed by atoms with Gasteiger partial charge in [0.25, 0.3) is 5.91 Å². The zero-order valence-electron chi connectivity index (χ0n) is 14.8. The maximum Gasteiger partial charge on any atom is 0.265 e. The quantitative estimate of drug-likeness (QED) is 0.737. The van der Waals surface area contributed by atoms with Gasteiger partial charge in [0, 0.05) is 12.2 Å². The molecule has 2 amide bonds. The third-order valence-corrected chi connectivity index (χ3v) is 5.86. The molecule has 2 N–H and O–H groups in total. The van der Waals surface area contributed by atoms with Gasteiger partial charge in [-0.1, -0.05) is 43.5 Å². The van der Waals surface area contributed by atoms with E-state index in [-0.39, 0.29) is 11.8 Å². The predicted molar refractivity (Wildman–Crippen MR) is 107 cm³/mol. The first kappa shape index (κ1) is 18.4. The molecule has 0 bridgehead atoms. The third-order valence-electron chi connectivity index (χ3n) is 4.99. The SMILES string of the molecule is C=CCNC(=O)C1(c2ccc(NC(=O)c3cccs3)cc2)CCCCC1. The molecule has 4 nitrogen and oxygen atoms in total. The van der Waals surface area contributed by atoms with Gasteiger partial charge < -0.3 is 10.6 Å². The van der Waals surface area contributed by atoms with Crippen molar-refractivity contribution in [3.8, 4) is 0 Å². The van der Waals surface area contributed by atoms with E-state index in [0.29, 0.717) is 11.4 Å². The highest BCUT2D eigenvalue weighted by molar-refractivity contribution is 7.12. The van der Waals surface area contributed by atoms with Crippen LogP contribution in [0.3, 0.4) is 0 Å². The molecule has 3 rings (SSSR count). The second-order valence-corrected chi connectivity index (χ2v) is 7.60. The van der Waals surface area contributed by atoms with Gasteiger partial charge in [0.05, 0.1) is 10.3 Å². The fraction of sp³-hybridized carbons (Fsp3) is 0.333. The second-order valence-electron chi connectivity index (χ2n) is 6.65. The van der Waals surface area contributed by atoms with Crippen molar-refractivity contribution in [2.75, 3.05) is 11.9 Å². The summed E-state index contributed by atoms with van der Waals surface area (Å²) in [6, 6.07) is 11.4. The molecule has 2 aromatic rings. The predicted octanol–water partition coefficient (Wildman–Crippen LogP) is 4.50. The maximum absolute atomic E-state index is 12.9. The zero-order chi connectivity index (χ0) is 18.4. The lowest BCUT2D eigenvalue weighted by Gasteiger charge is -2.36. The van der Waals surface area contributed by atoms with Gasteiger partial charge in [0.15, 0.2) is 0 Å². The van der Waals surface area contributed by atoms with Gasteiger partial charge in [0.1, 0.15) is 0 Å². The minimum atomic E-state index is -0.475. The van der Waals surface area contributed by atoms with Crippen molar-refractivity contribution in [3.63, 3.8) is 0 Å². The smallest absolute Gasteiger partial charge is 0.265 e. The molecule has 5 heteroatoms. The molecule has 26 heavy (non-hydrogen) atoms. The molecule has 0 atom stereocenters. The number of thiophene rings is 1. The summed E-state index contributed by atoms with van der Waals surface area (Å²) in [4.78, 5) is 25.7. The summed E-state index contributed by atoms with van der Waals surface area (Å²) in [6.07, 6.45) is 6.70. The summed E-state index contributed by atoms with van der Waals surface area (Å²) in [6.45, 7) is 4.16. The zero-order valence-corrected chi connectivity index (χ0v) is 15.6. The highest BCUT2D eigenvalue weighted by Gasteiger charge is 2.40. The van der Waals surface area contributed by atoms with Crippen molar-refractivity contribution in [1.82, 2.24) is 5.32 Å². The van der Waals surface area contributed by atoms with E-state index < -0.39 is 5.41 Å². The third kappa shape index (κ3) is 3.88. The topological polar surface area (TPSA) is 58.2 Å². The van der Waals surface area contributed by atoms with Crippen LogP contribution in [-0.4, -0.2) is 18.4 Å². The minimum Gasteiger partial charge on any atom is -0.352 e. The Hall–Kier alpha value is -2.40. The molecule has 0 spiro atoms. The van der Waals surface area contributed by atoms with E-state index in [4.69, 9.17) is 0 Å². The number of hydrogen-bond donors (Lipinski definition) is 2. The molecule has 0 aliphatic heterocycles. The van der Waals surface area contributed by atoms with E-state index in [2.05, 4.69) is 17.2 Å². The van der Waals surface area contributed by atoms with Crippen molar-refractivity contribution in [1.29, 1.82) is 0 Å². The van der Waals surface area contributed by atoms with Crippen molar-refractivity contribution in [3.05, 3.63) is 64.9 Å². The van der Waals surface area contributed by atoms with Gasteiger partial charge >= 0.3 is 0 Å². The second kappa shape index (κ2) is 8.32. The molecule has 1 fully saturated rings. The maximum atomic E-state index is 12.9. The number of carbonyl (C=O) groups is 2. The molecular weight excluding hydrogens is 344 g/mol. The lowest BCUT2D eigenvalue weighted by atomic mass is 9.68. The molecular formula is C21H24N2O2S. The van der Waals surface area contributed by atoms with Crippen LogP contribution in [0.15, 0.2) is 54.4 Å². The lowest BCUT2D eigenvalue weighted by molar-refractivity contribution is -0.127. The van der Waals surface area contributed by atoms with E-state index in [9.17, 15) is 9.59 Å². The molecule has 0 unspecified atom stereocenters. The first-order valence-electron chi connectivity index (χ1n) is 9.00. The van der Waals surface area contributed by atoms with Crippen molar-refractivity contribution < 1.29 is 9.59 Å². The Morgan fingerprint density at radius 2 is 1.85 bits per heavy atom. The minimum absolute atomic E-state index is 0.0764. The van der Waals surface area contributed by atoms with E-state index in [1.54, 1.807) is 12.1 Å². The number of nitrogens with one attached hydrogen (secondary N) is 2. The summed E-state index contributed by atoms with van der Waals surface area (Å²) >= 11 is 1.41. The van der Waals surface area contributed by atoms with Crippen LogP contribution in [0.5, 0.6) is 0 Å². The first-order chi connectivity index (χ1) is 12.7. The van der Waals surface area contributed by atoms with Crippen molar-refractivity contribution in [2.45, 2.75) is 37.5 Å². The number of amides is 2. The first-order valence-corrected chi connectivity index (χ1v) is 9.88. The fourth-order valence-corrected chi connectivity index (χ4v) is 4.23. The molecule has 1 aromatic heterocycles. The van der Waals surface area contributed by atoms with Crippen LogP contribution in [-0.2, 0) is 10.2 Å². The Morgan fingerprint density at radius 1 is 1.12 bits per heavy atom. The Bertz CT molecular complexity index is 760. The Labute approximate surface area is 158 Å². The van der Waals surface area contributed by atoms with E-state index in [1.807, 2.05) is 35.7 Å². The van der Waals surface area contributed by atoms with Crippen molar-refractivity contribution >= 4 is 28.8 Å². The number of hydrogen-bond acceptors (Lipinski definition) is 3. The lowest BCUT2D eigenvalue weighted by Crippen LogP contribution is -2.45. The average molecular weight is 369 g/mol. The molecule has 0 saturated heterocycles. The van der Waals surface area contributed by atoms with Crippen LogP contribution in [0, 0.1) is 0 Å². The van der Waals surface area contributed by atoms with Crippen LogP contribution in [0.2, 0.25) is 0 Å². The molecule has 0 radical (unpaired) electrons. The molecule has 1 aliphatic carbocycles. The normalized spacial score (nSPS) is 15.8. The van der Waals surface area contributed by atoms with Gasteiger partial charge in [-0.3, -0.25) is 9.59 Å². The highest BCUT2D eigenvalue weighted by atomic mass is 32.1. The van der Waals surface area contributed by atoms with E-state index in [0.717, 1.165) is 36.9 Å². The summed E-state index contributed by atoms with van der Waals surface area (Å²) in [5.41, 5.74) is 1.29. The average Bonchev–Trinajstić information content (AvgIpc) is 3.22. The van der Waals surface area contributed by atoms with E-state index >= 15 is 0 Å². The van der Waals surface area contributed by atoms with Gasteiger partial charge in [-0.25, -0.2) is 0 Å². The molecule has 136 valence electrons.